The van der Waals surface area contributed by atoms with E-state index < -0.39 is 35.6 Å². The summed E-state index contributed by atoms with van der Waals surface area (Å²) in [7, 11) is 0. The summed E-state index contributed by atoms with van der Waals surface area (Å²) in [6.07, 6.45) is 2.12. The van der Waals surface area contributed by atoms with E-state index in [-0.39, 0.29) is 63.0 Å². The summed E-state index contributed by atoms with van der Waals surface area (Å²) in [5.41, 5.74) is 6.80. The molecular formula is C31H42N8O9. The van der Waals surface area contributed by atoms with Gasteiger partial charge in [-0.1, -0.05) is 12.2 Å². The van der Waals surface area contributed by atoms with Gasteiger partial charge >= 0.3 is 18.2 Å². The third-order valence-corrected chi connectivity index (χ3v) is 6.36. The molecule has 0 radical (unpaired) electrons. The number of ether oxygens (including phenoxy) is 3. The van der Waals surface area contributed by atoms with E-state index in [4.69, 9.17) is 25.1 Å². The molecule has 0 aliphatic carbocycles. The van der Waals surface area contributed by atoms with Gasteiger partial charge in [-0.3, -0.25) is 24.4 Å². The first kappa shape index (κ1) is 36.9. The molecule has 0 atom stereocenters. The molecule has 0 bridgehead atoms. The van der Waals surface area contributed by atoms with Crippen molar-refractivity contribution in [3.63, 3.8) is 0 Å². The summed E-state index contributed by atoms with van der Waals surface area (Å²) in [4.78, 5) is 64.6. The molecule has 0 unspecified atom stereocenters. The van der Waals surface area contributed by atoms with Crippen molar-refractivity contribution < 1.29 is 43.3 Å². The number of nitrogens with one attached hydrogen (secondary N) is 3. The molecule has 0 fully saturated rings. The lowest BCUT2D eigenvalue weighted by Gasteiger charge is -2.19. The molecule has 3 rings (SSSR count). The molecular weight excluding hydrogens is 628 g/mol. The number of imidazole rings is 1. The maximum absolute atomic E-state index is 13.4. The lowest BCUT2D eigenvalue weighted by molar-refractivity contribution is -0.136. The topological polar surface area (TPSA) is 231 Å². The Labute approximate surface area is 276 Å². The number of carbonyl (C=O) groups excluding carboxylic acids is 4. The highest BCUT2D eigenvalue weighted by Gasteiger charge is 2.22. The number of carboxylic acids is 1. The quantitative estimate of drug-likeness (QED) is 0.110. The summed E-state index contributed by atoms with van der Waals surface area (Å²) in [6, 6.07) is 4.59. The highest BCUT2D eigenvalue weighted by atomic mass is 16.6. The summed E-state index contributed by atoms with van der Waals surface area (Å²) < 4.78 is 19.5. The van der Waals surface area contributed by atoms with Crippen molar-refractivity contribution >= 4 is 47.0 Å². The predicted molar refractivity (Wildman–Crippen MR) is 174 cm³/mol. The second-order valence-electron chi connectivity index (χ2n) is 11.5. The van der Waals surface area contributed by atoms with Gasteiger partial charge in [-0.2, -0.15) is 5.10 Å². The van der Waals surface area contributed by atoms with Crippen molar-refractivity contribution in [3.8, 4) is 5.75 Å². The largest absolute Gasteiger partial charge is 0.491 e. The minimum absolute atomic E-state index is 0.0317. The van der Waals surface area contributed by atoms with Gasteiger partial charge < -0.3 is 40.3 Å². The molecule has 1 aromatic carbocycles. The molecule has 0 saturated carbocycles. The van der Waals surface area contributed by atoms with E-state index in [1.54, 1.807) is 55.2 Å². The fraction of sp³-hybridized carbons (Fsp3) is 0.452. The van der Waals surface area contributed by atoms with Crippen molar-refractivity contribution in [2.24, 2.45) is 5.73 Å². The number of aliphatic carboxylic acids is 1. The Balaban J connectivity index is 1.87. The van der Waals surface area contributed by atoms with E-state index in [1.807, 2.05) is 6.92 Å². The summed E-state index contributed by atoms with van der Waals surface area (Å²) in [6.45, 7) is 9.66. The third-order valence-electron chi connectivity index (χ3n) is 6.36. The number of carbonyl (C=O) groups is 5. The van der Waals surface area contributed by atoms with Gasteiger partial charge in [0, 0.05) is 38.2 Å². The summed E-state index contributed by atoms with van der Waals surface area (Å²) in [5.74, 6) is -1.85. The number of alkyl carbamates (subject to hydrolysis) is 2. The van der Waals surface area contributed by atoms with Crippen molar-refractivity contribution in [1.82, 2.24) is 30.0 Å². The van der Waals surface area contributed by atoms with Gasteiger partial charge in [0.2, 0.25) is 11.9 Å². The number of nitrogens with zero attached hydrogens (tertiary/aromatic N) is 4. The zero-order valence-electron chi connectivity index (χ0n) is 27.6. The first-order valence-electron chi connectivity index (χ1n) is 15.3. The minimum Gasteiger partial charge on any atom is -0.491 e. The second-order valence-corrected chi connectivity index (χ2v) is 11.5. The third kappa shape index (κ3) is 11.0. The van der Waals surface area contributed by atoms with Crippen LogP contribution in [0, 0.1) is 6.92 Å². The lowest BCUT2D eigenvalue weighted by Crippen LogP contribution is -2.32. The normalized spacial score (nSPS) is 11.4. The number of hydrogen-bond donors (Lipinski definition) is 5. The van der Waals surface area contributed by atoms with E-state index in [9.17, 15) is 24.0 Å². The van der Waals surface area contributed by atoms with Gasteiger partial charge in [0.25, 0.3) is 5.91 Å². The smallest absolute Gasteiger partial charge is 0.407 e. The van der Waals surface area contributed by atoms with Gasteiger partial charge in [0.1, 0.15) is 22.6 Å². The lowest BCUT2D eigenvalue weighted by atomic mass is 10.1. The fourth-order valence-corrected chi connectivity index (χ4v) is 4.34. The van der Waals surface area contributed by atoms with Crippen molar-refractivity contribution in [1.29, 1.82) is 0 Å². The van der Waals surface area contributed by atoms with Crippen LogP contribution in [0.1, 0.15) is 67.1 Å². The van der Waals surface area contributed by atoms with E-state index in [0.717, 1.165) is 0 Å². The SMILES string of the molecule is CCn1nc(C)cc1C(=O)Nc1nc2cc(C(N)=O)cc(OCCCOC(=O)NCCC(=O)O)c2n1CC=CCNC(=O)OC(C)(C)C. The average molecular weight is 671 g/mol. The standard InChI is InChI=1S/C31H42N8O9/c1-6-39-22(16-19(2)37-39)27(43)36-28-35-21-17-20(26(32)42)18-23(46-14-9-15-47-29(44)34-12-10-24(40)41)25(21)38(28)13-8-7-11-33-30(45)48-31(3,4)5/h7-8,16-18H,6,9-15H2,1-5H3,(H2,32,42)(H,33,45)(H,34,44)(H,40,41)(H,35,36,43). The Morgan fingerprint density at radius 3 is 2.46 bits per heavy atom. The van der Waals surface area contributed by atoms with Crippen LogP contribution in [-0.4, -0.2) is 86.3 Å². The number of aromatic nitrogens is 4. The van der Waals surface area contributed by atoms with Crippen LogP contribution in [0.3, 0.4) is 0 Å². The Kier molecular flexibility index (Phi) is 12.9. The monoisotopic (exact) mass is 670 g/mol. The van der Waals surface area contributed by atoms with Crippen molar-refractivity contribution in [2.75, 3.05) is 31.6 Å². The van der Waals surface area contributed by atoms with E-state index >= 15 is 0 Å². The first-order valence-corrected chi connectivity index (χ1v) is 15.3. The van der Waals surface area contributed by atoms with Crippen LogP contribution in [0.2, 0.25) is 0 Å². The van der Waals surface area contributed by atoms with Crippen LogP contribution in [0.15, 0.2) is 30.4 Å². The number of amides is 4. The Morgan fingerprint density at radius 1 is 1.04 bits per heavy atom. The summed E-state index contributed by atoms with van der Waals surface area (Å²) >= 11 is 0. The van der Waals surface area contributed by atoms with Crippen LogP contribution in [0.5, 0.6) is 5.75 Å². The van der Waals surface area contributed by atoms with Crippen LogP contribution >= 0.6 is 0 Å². The zero-order valence-corrected chi connectivity index (χ0v) is 27.6. The molecule has 2 heterocycles. The molecule has 48 heavy (non-hydrogen) atoms. The maximum atomic E-state index is 13.4. The van der Waals surface area contributed by atoms with Crippen molar-refractivity contribution in [2.45, 2.75) is 66.2 Å². The average Bonchev–Trinajstić information content (AvgIpc) is 3.54. The van der Waals surface area contributed by atoms with E-state index in [0.29, 0.717) is 29.0 Å². The highest BCUT2D eigenvalue weighted by molar-refractivity contribution is 6.04. The number of allylic oxidation sites excluding steroid dienone is 1. The Morgan fingerprint density at radius 2 is 1.79 bits per heavy atom. The number of primary amides is 1. The van der Waals surface area contributed by atoms with E-state index in [2.05, 4.69) is 26.0 Å². The molecule has 0 aliphatic heterocycles. The molecule has 2 aromatic heterocycles. The Bertz CT molecular complexity index is 1670. The van der Waals surface area contributed by atoms with Crippen LogP contribution in [0.25, 0.3) is 11.0 Å². The van der Waals surface area contributed by atoms with E-state index in [1.165, 1.54) is 12.1 Å². The van der Waals surface area contributed by atoms with Gasteiger partial charge in [-0.15, -0.1) is 0 Å². The van der Waals surface area contributed by atoms with Gasteiger partial charge in [0.05, 0.1) is 30.8 Å². The van der Waals surface area contributed by atoms with Gasteiger partial charge in [-0.05, 0) is 52.8 Å². The number of anilines is 1. The zero-order chi connectivity index (χ0) is 35.4. The molecule has 260 valence electrons. The van der Waals surface area contributed by atoms with Gasteiger partial charge in [-0.25, -0.2) is 14.6 Å². The molecule has 4 amide bonds. The number of rotatable bonds is 16. The molecule has 0 spiro atoms. The fourth-order valence-electron chi connectivity index (χ4n) is 4.34. The minimum atomic E-state index is -1.05. The first-order chi connectivity index (χ1) is 22.7. The Hall–Kier alpha value is -5.61. The summed E-state index contributed by atoms with van der Waals surface area (Å²) in [5, 5.41) is 20.8. The van der Waals surface area contributed by atoms with Crippen molar-refractivity contribution in [3.05, 3.63) is 47.3 Å². The van der Waals surface area contributed by atoms with Crippen LogP contribution < -0.4 is 26.4 Å². The molecule has 3 aromatic rings. The number of benzene rings is 1. The number of fused-ring (bicyclic) bond motifs is 1. The van der Waals surface area contributed by atoms with Crippen LogP contribution in [0.4, 0.5) is 15.5 Å². The molecule has 17 heteroatoms. The highest BCUT2D eigenvalue weighted by Crippen LogP contribution is 2.31. The maximum Gasteiger partial charge on any atom is 0.407 e. The number of hydrogen-bond acceptors (Lipinski definition) is 10. The predicted octanol–water partition coefficient (Wildman–Crippen LogP) is 2.96. The molecule has 0 aliphatic rings. The second kappa shape index (κ2) is 16.8. The van der Waals surface area contributed by atoms with Gasteiger partial charge in [0.15, 0.2) is 0 Å². The van der Waals surface area contributed by atoms with Crippen LogP contribution in [-0.2, 0) is 27.4 Å². The molecule has 6 N–H and O–H groups in total. The number of carboxylic acid groups (broad SMARTS) is 1. The molecule has 0 saturated heterocycles. The number of aryl methyl sites for hydroxylation is 2. The number of nitrogens with two attached hydrogens (primary N) is 1. The molecule has 17 nitrogen and oxygen atoms in total.